The molecule has 1 aliphatic carbocycles. The number of aryl methyl sites for hydroxylation is 2. The number of ether oxygens (including phenoxy) is 1. The van der Waals surface area contributed by atoms with E-state index in [0.717, 1.165) is 67.6 Å². The van der Waals surface area contributed by atoms with Crippen LogP contribution in [-0.4, -0.2) is 73.5 Å². The number of imide groups is 1. The Morgan fingerprint density at radius 2 is 1.43 bits per heavy atom. The molecule has 8 heteroatoms. The second-order valence-electron chi connectivity index (χ2n) is 18.8. The van der Waals surface area contributed by atoms with Gasteiger partial charge in [0.1, 0.15) is 5.75 Å². The average Bonchev–Trinajstić information content (AvgIpc) is 3.77. The smallest absolute Gasteiger partial charge is 0.261 e. The van der Waals surface area contributed by atoms with Gasteiger partial charge in [-0.15, -0.1) is 0 Å². The van der Waals surface area contributed by atoms with Crippen molar-refractivity contribution in [2.75, 3.05) is 26.3 Å². The number of allylic oxidation sites excluding steroid dienone is 1. The summed E-state index contributed by atoms with van der Waals surface area (Å²) in [5.41, 5.74) is 7.65. The normalized spacial score (nSPS) is 23.0. The van der Waals surface area contributed by atoms with Crippen molar-refractivity contribution in [2.24, 2.45) is 17.8 Å². The Morgan fingerprint density at radius 3 is 2.02 bits per heavy atom. The Labute approximate surface area is 358 Å². The zero-order valence-corrected chi connectivity index (χ0v) is 37.3. The van der Waals surface area contributed by atoms with Gasteiger partial charge in [-0.3, -0.25) is 19.4 Å². The third kappa shape index (κ3) is 8.12. The maximum absolute atomic E-state index is 14.7. The highest BCUT2D eigenvalue weighted by Gasteiger charge is 2.59. The minimum atomic E-state index is -2.90. The van der Waals surface area contributed by atoms with Crippen LogP contribution < -0.4 is 10.4 Å². The Bertz CT molecular complexity index is 2180. The van der Waals surface area contributed by atoms with E-state index in [1.165, 1.54) is 27.1 Å². The van der Waals surface area contributed by atoms with Gasteiger partial charge in [-0.2, -0.15) is 0 Å². The van der Waals surface area contributed by atoms with Crippen molar-refractivity contribution in [3.8, 4) is 5.75 Å². The maximum Gasteiger partial charge on any atom is 0.261 e. The van der Waals surface area contributed by atoms with Gasteiger partial charge >= 0.3 is 0 Å². The number of benzene rings is 4. The third-order valence-electron chi connectivity index (χ3n) is 13.8. The molecular formula is C52H62N2O5Si. The van der Waals surface area contributed by atoms with Crippen molar-refractivity contribution in [1.29, 1.82) is 0 Å². The van der Waals surface area contributed by atoms with Gasteiger partial charge in [0.2, 0.25) is 11.8 Å². The molecule has 3 fully saturated rings. The highest BCUT2D eigenvalue weighted by Crippen LogP contribution is 2.51. The van der Waals surface area contributed by atoms with Crippen LogP contribution in [0.3, 0.4) is 0 Å². The minimum absolute atomic E-state index is 0.000594. The van der Waals surface area contributed by atoms with Crippen LogP contribution in [0.25, 0.3) is 6.08 Å². The van der Waals surface area contributed by atoms with E-state index in [-0.39, 0.29) is 34.9 Å². The molecule has 4 aromatic rings. The first-order valence-corrected chi connectivity index (χ1v) is 24.0. The lowest BCUT2D eigenvalue weighted by Crippen LogP contribution is -2.66. The molecule has 3 heterocycles. The van der Waals surface area contributed by atoms with Crippen molar-refractivity contribution in [3.05, 3.63) is 142 Å². The quantitative estimate of drug-likeness (QED) is 0.0876. The van der Waals surface area contributed by atoms with E-state index in [1.807, 2.05) is 32.0 Å². The summed E-state index contributed by atoms with van der Waals surface area (Å²) >= 11 is 0. The van der Waals surface area contributed by atoms with Crippen molar-refractivity contribution in [2.45, 2.75) is 97.4 Å². The fourth-order valence-corrected chi connectivity index (χ4v) is 15.5. The van der Waals surface area contributed by atoms with E-state index in [1.54, 1.807) is 4.90 Å². The largest absolute Gasteiger partial charge is 0.507 e. The number of aromatic hydroxyl groups is 1. The molecule has 4 aliphatic rings. The summed E-state index contributed by atoms with van der Waals surface area (Å²) in [6, 6.07) is 36.0. The molecule has 2 amide bonds. The molecule has 60 heavy (non-hydrogen) atoms. The van der Waals surface area contributed by atoms with Crippen LogP contribution in [0.4, 0.5) is 0 Å². The van der Waals surface area contributed by atoms with Crippen LogP contribution in [0.5, 0.6) is 5.75 Å². The molecule has 4 atom stereocenters. The molecule has 0 bridgehead atoms. The molecule has 3 saturated heterocycles. The molecule has 7 nitrogen and oxygen atoms in total. The molecule has 1 N–H and O–H groups in total. The first-order valence-electron chi connectivity index (χ1n) is 22.0. The number of phenolic OH excluding ortho intramolecular Hbond substituents is 1. The van der Waals surface area contributed by atoms with Crippen LogP contribution >= 0.6 is 0 Å². The predicted molar refractivity (Wildman–Crippen MR) is 242 cm³/mol. The molecule has 0 spiro atoms. The van der Waals surface area contributed by atoms with Crippen molar-refractivity contribution in [1.82, 2.24) is 9.80 Å². The average molecular weight is 823 g/mol. The van der Waals surface area contributed by atoms with E-state index >= 15 is 0 Å². The Morgan fingerprint density at radius 1 is 0.850 bits per heavy atom. The number of carbonyl (C=O) groups excluding carboxylic acids is 2. The van der Waals surface area contributed by atoms with Gasteiger partial charge in [-0.1, -0.05) is 123 Å². The summed E-state index contributed by atoms with van der Waals surface area (Å²) in [5, 5.41) is 12.6. The first kappa shape index (κ1) is 42.1. The molecule has 4 aromatic carbocycles. The second-order valence-corrected chi connectivity index (χ2v) is 23.2. The zero-order valence-electron chi connectivity index (χ0n) is 36.3. The van der Waals surface area contributed by atoms with Gasteiger partial charge in [-0.25, -0.2) is 0 Å². The van der Waals surface area contributed by atoms with Gasteiger partial charge in [-0.05, 0) is 114 Å². The maximum atomic E-state index is 14.7. The van der Waals surface area contributed by atoms with Crippen LogP contribution in [0.15, 0.2) is 120 Å². The number of fused-ring (bicyclic) bond motifs is 3. The van der Waals surface area contributed by atoms with E-state index < -0.39 is 20.2 Å². The van der Waals surface area contributed by atoms with E-state index in [9.17, 15) is 14.7 Å². The molecule has 3 aliphatic heterocycles. The summed E-state index contributed by atoms with van der Waals surface area (Å²) in [7, 11) is -2.90. The van der Waals surface area contributed by atoms with Crippen LogP contribution in [0.2, 0.25) is 5.04 Å². The topological polar surface area (TPSA) is 79.3 Å². The number of likely N-dealkylation sites (tertiary alicyclic amines) is 2. The standard InChI is InChI=1S/C52H62N2O5Si/c1-35(28-39-29-36(2)49(55)37(3)30-39)22-23-46-47-40(33-59-60(52(4,5)6,42-18-12-8-13-19-42)43-20-14-9-15-21-43)31-44-48(45(47)34-58-46)51(57)54(50(44)56)41-24-26-53(27-25-41)32-38-16-10-7-11-17-38/h7-21,28-30,41,44-46,48,55H,22-27,31-34H2,1-6H3/b35-28+/t44-,45+,46-,48-/m1/s1. The molecular weight excluding hydrogens is 761 g/mol. The summed E-state index contributed by atoms with van der Waals surface area (Å²) in [4.78, 5) is 33.5. The fourth-order valence-electron chi connectivity index (χ4n) is 10.9. The molecule has 8 rings (SSSR count). The lowest BCUT2D eigenvalue weighted by molar-refractivity contribution is -0.144. The third-order valence-corrected chi connectivity index (χ3v) is 18.8. The van der Waals surface area contributed by atoms with Crippen LogP contribution in [0.1, 0.15) is 82.1 Å². The Balaban J connectivity index is 1.10. The zero-order chi connectivity index (χ0) is 42.2. The lowest BCUT2D eigenvalue weighted by Gasteiger charge is -2.44. The van der Waals surface area contributed by atoms with Crippen molar-refractivity contribution in [3.63, 3.8) is 0 Å². The predicted octanol–water partition coefficient (Wildman–Crippen LogP) is 8.75. The number of nitrogens with zero attached hydrogens (tertiary/aromatic N) is 2. The van der Waals surface area contributed by atoms with Gasteiger partial charge < -0.3 is 14.3 Å². The minimum Gasteiger partial charge on any atom is -0.507 e. The number of rotatable bonds is 12. The number of amides is 2. The fraction of sp³-hybridized carbons (Fsp3) is 0.423. The summed E-state index contributed by atoms with van der Waals surface area (Å²) in [5.74, 6) is -0.627. The second kappa shape index (κ2) is 17.4. The highest BCUT2D eigenvalue weighted by atomic mass is 28.4. The summed E-state index contributed by atoms with van der Waals surface area (Å²) < 4.78 is 14.3. The number of phenols is 1. The van der Waals surface area contributed by atoms with Gasteiger partial charge in [0.25, 0.3) is 8.32 Å². The molecule has 314 valence electrons. The number of hydrogen-bond donors (Lipinski definition) is 1. The van der Waals surface area contributed by atoms with Crippen molar-refractivity contribution < 1.29 is 23.9 Å². The van der Waals surface area contributed by atoms with E-state index in [0.29, 0.717) is 25.4 Å². The van der Waals surface area contributed by atoms with Crippen LogP contribution in [-0.2, 0) is 25.3 Å². The molecule has 0 aromatic heterocycles. The SMILES string of the molecule is C/C(=C\c1cc(C)c(O)c(C)c1)CC[C@H]1OC[C@H]2C1=C(CO[Si](c1ccccc1)(c1ccccc1)C(C)(C)C)C[C@H]1C(=O)N(C3CCN(Cc4ccccc4)CC3)C(=O)[C@H]12. The van der Waals surface area contributed by atoms with Gasteiger partial charge in [0.05, 0.1) is 31.2 Å². The highest BCUT2D eigenvalue weighted by molar-refractivity contribution is 6.99. The van der Waals surface area contributed by atoms with Gasteiger partial charge in [0, 0.05) is 31.6 Å². The van der Waals surface area contributed by atoms with E-state index in [2.05, 4.69) is 124 Å². The molecule has 0 saturated carbocycles. The lowest BCUT2D eigenvalue weighted by atomic mass is 9.69. The molecule has 0 radical (unpaired) electrons. The monoisotopic (exact) mass is 822 g/mol. The Hall–Kier alpha value is -4.60. The summed E-state index contributed by atoms with van der Waals surface area (Å²) in [6.07, 6.45) is 5.73. The van der Waals surface area contributed by atoms with Gasteiger partial charge in [0.15, 0.2) is 0 Å². The molecule has 0 unspecified atom stereocenters. The number of piperidine rings is 1. The number of carbonyl (C=O) groups is 2. The van der Waals surface area contributed by atoms with E-state index in [4.69, 9.17) is 9.16 Å². The van der Waals surface area contributed by atoms with Crippen LogP contribution in [0, 0.1) is 31.6 Å². The summed E-state index contributed by atoms with van der Waals surface area (Å²) in [6.45, 7) is 16.4. The number of hydrogen-bond acceptors (Lipinski definition) is 6. The van der Waals surface area contributed by atoms with Crippen molar-refractivity contribution >= 4 is 36.6 Å². The first-order chi connectivity index (χ1) is 28.9. The Kier molecular flexibility index (Phi) is 12.2.